The molecule has 0 fully saturated rings. The Morgan fingerprint density at radius 2 is 2.40 bits per heavy atom. The Morgan fingerprint density at radius 1 is 1.47 bits per heavy atom. The monoisotopic (exact) mass is 202 g/mol. The van der Waals surface area contributed by atoms with Gasteiger partial charge in [-0.05, 0) is 36.0 Å². The largest absolute Gasteiger partial charge is 0.346 e. The Bertz CT molecular complexity index is 412. The van der Waals surface area contributed by atoms with Crippen molar-refractivity contribution in [2.24, 2.45) is 0 Å². The molecule has 1 aliphatic carbocycles. The number of nitrogens with one attached hydrogen (secondary N) is 1. The zero-order valence-electron chi connectivity index (χ0n) is 9.34. The van der Waals surface area contributed by atoms with E-state index in [-0.39, 0.29) is 0 Å². The molecule has 1 N–H and O–H groups in total. The minimum absolute atomic E-state index is 1.06. The molecular weight excluding hydrogens is 184 g/mol. The lowest BCUT2D eigenvalue weighted by Gasteiger charge is -2.15. The fraction of sp³-hybridized carbons (Fsp3) is 0.538. The van der Waals surface area contributed by atoms with Crippen LogP contribution < -0.4 is 5.32 Å². The normalized spacial score (nSPS) is 19.4. The Kier molecular flexibility index (Phi) is 2.17. The first-order valence-electron chi connectivity index (χ1n) is 6.01. The summed E-state index contributed by atoms with van der Waals surface area (Å²) in [5, 5.41) is 3.49. The quantitative estimate of drug-likeness (QED) is 0.737. The van der Waals surface area contributed by atoms with Crippen LogP contribution in [-0.4, -0.2) is 17.7 Å². The van der Waals surface area contributed by atoms with Crippen LogP contribution in [0.25, 0.3) is 5.57 Å². The lowest BCUT2D eigenvalue weighted by Crippen LogP contribution is -2.17. The third-order valence-electron chi connectivity index (χ3n) is 3.59. The van der Waals surface area contributed by atoms with Crippen molar-refractivity contribution in [3.05, 3.63) is 29.1 Å². The molecule has 2 aliphatic rings. The van der Waals surface area contributed by atoms with Crippen LogP contribution in [0.15, 0.2) is 12.3 Å². The molecule has 0 spiro atoms. The predicted molar refractivity (Wildman–Crippen MR) is 63.0 cm³/mol. The Morgan fingerprint density at radius 3 is 3.27 bits per heavy atom. The van der Waals surface area contributed by atoms with Crippen molar-refractivity contribution in [2.45, 2.75) is 32.7 Å². The summed E-state index contributed by atoms with van der Waals surface area (Å²) >= 11 is 0. The third-order valence-corrected chi connectivity index (χ3v) is 3.59. The van der Waals surface area contributed by atoms with Crippen LogP contribution in [0.2, 0.25) is 0 Å². The van der Waals surface area contributed by atoms with Crippen LogP contribution in [0.4, 0.5) is 0 Å². The Balaban J connectivity index is 2.18. The van der Waals surface area contributed by atoms with Crippen molar-refractivity contribution in [3.63, 3.8) is 0 Å². The van der Waals surface area contributed by atoms with Crippen LogP contribution in [0.5, 0.6) is 0 Å². The highest BCUT2D eigenvalue weighted by molar-refractivity contribution is 5.71. The van der Waals surface area contributed by atoms with E-state index in [9.17, 15) is 0 Å². The highest BCUT2D eigenvalue weighted by Gasteiger charge is 2.21. The van der Waals surface area contributed by atoms with E-state index in [4.69, 9.17) is 0 Å². The van der Waals surface area contributed by atoms with Crippen molar-refractivity contribution in [1.29, 1.82) is 0 Å². The Labute approximate surface area is 91.0 Å². The first-order valence-corrected chi connectivity index (χ1v) is 6.01. The minimum atomic E-state index is 1.06. The Hall–Kier alpha value is -1.02. The zero-order valence-corrected chi connectivity index (χ0v) is 9.34. The second-order valence-corrected chi connectivity index (χ2v) is 4.47. The van der Waals surface area contributed by atoms with Crippen LogP contribution in [-0.2, 0) is 19.4 Å². The first-order chi connectivity index (χ1) is 7.40. The molecule has 1 aromatic rings. The number of allylic oxidation sites excluding steroid dienone is 1. The summed E-state index contributed by atoms with van der Waals surface area (Å²) in [5.41, 5.74) is 6.24. The van der Waals surface area contributed by atoms with Gasteiger partial charge in [-0.1, -0.05) is 13.0 Å². The van der Waals surface area contributed by atoms with Crippen LogP contribution in [0, 0.1) is 0 Å². The standard InChI is InChI=1S/C13H18N2/c1-2-10-9-15-7-6-14-8-11-4-3-5-12(10)13(11)15/h4,9,14H,2-3,5-8H2,1H3. The summed E-state index contributed by atoms with van der Waals surface area (Å²) < 4.78 is 2.46. The van der Waals surface area contributed by atoms with Gasteiger partial charge in [0, 0.05) is 31.5 Å². The van der Waals surface area contributed by atoms with E-state index in [2.05, 4.69) is 29.1 Å². The van der Waals surface area contributed by atoms with Gasteiger partial charge in [-0.2, -0.15) is 0 Å². The maximum atomic E-state index is 3.49. The van der Waals surface area contributed by atoms with Gasteiger partial charge < -0.3 is 9.88 Å². The molecule has 80 valence electrons. The average molecular weight is 202 g/mol. The predicted octanol–water partition coefficient (Wildman–Crippen LogP) is 1.98. The minimum Gasteiger partial charge on any atom is -0.346 e. The molecule has 15 heavy (non-hydrogen) atoms. The molecule has 0 amide bonds. The molecule has 2 heterocycles. The summed E-state index contributed by atoms with van der Waals surface area (Å²) in [6.07, 6.45) is 8.43. The van der Waals surface area contributed by atoms with E-state index in [0.29, 0.717) is 0 Å². The van der Waals surface area contributed by atoms with Gasteiger partial charge in [-0.3, -0.25) is 0 Å². The molecule has 3 rings (SSSR count). The lowest BCUT2D eigenvalue weighted by molar-refractivity contribution is 0.649. The average Bonchev–Trinajstić information content (AvgIpc) is 2.50. The van der Waals surface area contributed by atoms with E-state index in [1.807, 2.05) is 0 Å². The molecule has 0 aromatic carbocycles. The van der Waals surface area contributed by atoms with Gasteiger partial charge in [0.1, 0.15) is 0 Å². The highest BCUT2D eigenvalue weighted by atomic mass is 15.0. The van der Waals surface area contributed by atoms with E-state index in [1.54, 1.807) is 11.1 Å². The van der Waals surface area contributed by atoms with Crippen LogP contribution in [0.1, 0.15) is 30.2 Å². The van der Waals surface area contributed by atoms with Crippen molar-refractivity contribution in [1.82, 2.24) is 9.88 Å². The molecule has 1 aliphatic heterocycles. The van der Waals surface area contributed by atoms with Gasteiger partial charge >= 0.3 is 0 Å². The van der Waals surface area contributed by atoms with Crippen molar-refractivity contribution < 1.29 is 0 Å². The highest BCUT2D eigenvalue weighted by Crippen LogP contribution is 2.31. The molecule has 2 heteroatoms. The molecule has 0 atom stereocenters. The topological polar surface area (TPSA) is 17.0 Å². The number of rotatable bonds is 1. The second kappa shape index (κ2) is 3.53. The molecule has 0 bridgehead atoms. The lowest BCUT2D eigenvalue weighted by atomic mass is 9.94. The van der Waals surface area contributed by atoms with Crippen molar-refractivity contribution in [2.75, 3.05) is 13.1 Å². The SMILES string of the molecule is CCc1cn2c3c1CCC=C3CNCC2. The first kappa shape index (κ1) is 9.22. The molecule has 0 saturated carbocycles. The van der Waals surface area contributed by atoms with Crippen LogP contribution in [0.3, 0.4) is 0 Å². The van der Waals surface area contributed by atoms with Crippen LogP contribution >= 0.6 is 0 Å². The summed E-state index contributed by atoms with van der Waals surface area (Å²) in [6, 6.07) is 0. The van der Waals surface area contributed by atoms with Gasteiger partial charge in [0.2, 0.25) is 0 Å². The number of hydrogen-bond acceptors (Lipinski definition) is 1. The van der Waals surface area contributed by atoms with Gasteiger partial charge in [0.05, 0.1) is 0 Å². The summed E-state index contributed by atoms with van der Waals surface area (Å²) in [4.78, 5) is 0. The zero-order chi connectivity index (χ0) is 10.3. The molecule has 0 saturated heterocycles. The van der Waals surface area contributed by atoms with Crippen molar-refractivity contribution >= 4 is 5.57 Å². The molecule has 0 radical (unpaired) electrons. The fourth-order valence-corrected chi connectivity index (χ4v) is 2.86. The maximum Gasteiger partial charge on any atom is 0.0485 e. The number of aryl methyl sites for hydroxylation is 1. The van der Waals surface area contributed by atoms with Gasteiger partial charge in [0.25, 0.3) is 0 Å². The van der Waals surface area contributed by atoms with Gasteiger partial charge in [0.15, 0.2) is 0 Å². The van der Waals surface area contributed by atoms with Gasteiger partial charge in [-0.15, -0.1) is 0 Å². The molecule has 1 aromatic heterocycles. The van der Waals surface area contributed by atoms with E-state index < -0.39 is 0 Å². The van der Waals surface area contributed by atoms with E-state index in [1.165, 1.54) is 30.5 Å². The fourth-order valence-electron chi connectivity index (χ4n) is 2.86. The van der Waals surface area contributed by atoms with Crippen molar-refractivity contribution in [3.8, 4) is 0 Å². The molecule has 2 nitrogen and oxygen atoms in total. The maximum absolute atomic E-state index is 3.49. The van der Waals surface area contributed by atoms with Gasteiger partial charge in [-0.25, -0.2) is 0 Å². The van der Waals surface area contributed by atoms with E-state index >= 15 is 0 Å². The number of nitrogens with zero attached hydrogens (tertiary/aromatic N) is 1. The molecule has 0 unspecified atom stereocenters. The van der Waals surface area contributed by atoms with E-state index in [0.717, 1.165) is 19.6 Å². The smallest absolute Gasteiger partial charge is 0.0485 e. The number of hydrogen-bond donors (Lipinski definition) is 1. The summed E-state index contributed by atoms with van der Waals surface area (Å²) in [7, 11) is 0. The second-order valence-electron chi connectivity index (χ2n) is 4.47. The summed E-state index contributed by atoms with van der Waals surface area (Å²) in [5.74, 6) is 0. The number of aromatic nitrogens is 1. The molecular formula is C13H18N2. The summed E-state index contributed by atoms with van der Waals surface area (Å²) in [6.45, 7) is 5.55. The third kappa shape index (κ3) is 1.36.